The fourth-order valence-electron chi connectivity index (χ4n) is 2.98. The van der Waals surface area contributed by atoms with Crippen LogP contribution in [0.4, 0.5) is 0 Å². The smallest absolute Gasteiger partial charge is 0.190 e. The van der Waals surface area contributed by atoms with E-state index in [2.05, 4.69) is 50.9 Å². The van der Waals surface area contributed by atoms with Crippen LogP contribution in [0.1, 0.15) is 18.5 Å². The van der Waals surface area contributed by atoms with Crippen LogP contribution in [0.2, 0.25) is 0 Å². The highest BCUT2D eigenvalue weighted by molar-refractivity contribution is 5.80. The molecular weight excluding hydrogens is 316 g/mol. The quantitative estimate of drug-likeness (QED) is 0.389. The van der Waals surface area contributed by atoms with Crippen LogP contribution in [0.3, 0.4) is 0 Å². The zero-order valence-corrected chi connectivity index (χ0v) is 14.9. The normalized spacial score (nSPS) is 18.0. The summed E-state index contributed by atoms with van der Waals surface area (Å²) in [5, 5.41) is 7.93. The topological polar surface area (TPSA) is 70.7 Å². The zero-order valence-electron chi connectivity index (χ0n) is 14.9. The van der Waals surface area contributed by atoms with E-state index >= 15 is 0 Å². The number of ether oxygens (including phenoxy) is 2. The monoisotopic (exact) mass is 344 g/mol. The highest BCUT2D eigenvalue weighted by Gasteiger charge is 2.15. The number of para-hydroxylation sites is 1. The summed E-state index contributed by atoms with van der Waals surface area (Å²) in [6.45, 7) is 4.01. The maximum absolute atomic E-state index is 5.76. The average molecular weight is 344 g/mol. The van der Waals surface area contributed by atoms with E-state index in [0.717, 1.165) is 58.1 Å². The minimum atomic E-state index is 0.286. The zero-order chi connectivity index (χ0) is 17.3. The third kappa shape index (κ3) is 5.47. The number of H-pyrrole nitrogens is 1. The van der Waals surface area contributed by atoms with Gasteiger partial charge in [-0.25, -0.2) is 0 Å². The summed E-state index contributed by atoms with van der Waals surface area (Å²) in [4.78, 5) is 7.71. The lowest BCUT2D eigenvalue weighted by Gasteiger charge is -2.13. The second kappa shape index (κ2) is 9.44. The van der Waals surface area contributed by atoms with Crippen molar-refractivity contribution in [3.05, 3.63) is 36.0 Å². The van der Waals surface area contributed by atoms with Gasteiger partial charge in [0.1, 0.15) is 0 Å². The van der Waals surface area contributed by atoms with Gasteiger partial charge in [-0.15, -0.1) is 0 Å². The van der Waals surface area contributed by atoms with Crippen molar-refractivity contribution >= 4 is 16.9 Å². The number of hydrogen-bond acceptors (Lipinski definition) is 3. The minimum absolute atomic E-state index is 0.286. The van der Waals surface area contributed by atoms with Crippen molar-refractivity contribution in [1.29, 1.82) is 0 Å². The molecule has 1 aromatic heterocycles. The van der Waals surface area contributed by atoms with Crippen LogP contribution < -0.4 is 10.6 Å². The van der Waals surface area contributed by atoms with Gasteiger partial charge in [0.15, 0.2) is 5.96 Å². The summed E-state index contributed by atoms with van der Waals surface area (Å²) in [5.74, 6) is 0.834. The Labute approximate surface area is 149 Å². The summed E-state index contributed by atoms with van der Waals surface area (Å²) < 4.78 is 11.1. The van der Waals surface area contributed by atoms with Crippen LogP contribution >= 0.6 is 0 Å². The van der Waals surface area contributed by atoms with E-state index in [1.165, 1.54) is 16.6 Å². The van der Waals surface area contributed by atoms with E-state index in [-0.39, 0.29) is 6.10 Å². The predicted molar refractivity (Wildman–Crippen MR) is 101 cm³/mol. The van der Waals surface area contributed by atoms with Gasteiger partial charge in [0.05, 0.1) is 12.7 Å². The van der Waals surface area contributed by atoms with E-state index in [9.17, 15) is 0 Å². The van der Waals surface area contributed by atoms with Crippen molar-refractivity contribution in [3.8, 4) is 0 Å². The summed E-state index contributed by atoms with van der Waals surface area (Å²) in [6, 6.07) is 10.6. The first kappa shape index (κ1) is 17.8. The van der Waals surface area contributed by atoms with Gasteiger partial charge in [0.2, 0.25) is 0 Å². The van der Waals surface area contributed by atoms with E-state index < -0.39 is 0 Å². The second-order valence-electron chi connectivity index (χ2n) is 6.27. The van der Waals surface area contributed by atoms with Crippen molar-refractivity contribution in [2.24, 2.45) is 4.99 Å². The Morgan fingerprint density at radius 2 is 2.20 bits per heavy atom. The van der Waals surface area contributed by atoms with Gasteiger partial charge in [0.25, 0.3) is 0 Å². The number of rotatable bonds is 8. The molecule has 0 aliphatic carbocycles. The number of hydrogen-bond donors (Lipinski definition) is 3. The summed E-state index contributed by atoms with van der Waals surface area (Å²) in [7, 11) is 1.80. The number of aromatic amines is 1. The highest BCUT2D eigenvalue weighted by Crippen LogP contribution is 2.14. The average Bonchev–Trinajstić information content (AvgIpc) is 3.28. The van der Waals surface area contributed by atoms with E-state index in [4.69, 9.17) is 9.47 Å². The molecule has 1 atom stereocenters. The van der Waals surface area contributed by atoms with Crippen LogP contribution in [0.5, 0.6) is 0 Å². The molecule has 1 saturated heterocycles. The fraction of sp³-hybridized carbons (Fsp3) is 0.526. The molecule has 0 amide bonds. The lowest BCUT2D eigenvalue weighted by atomic mass is 10.2. The second-order valence-corrected chi connectivity index (χ2v) is 6.27. The molecule has 0 saturated carbocycles. The van der Waals surface area contributed by atoms with Gasteiger partial charge in [0, 0.05) is 51.0 Å². The Kier molecular flexibility index (Phi) is 6.71. The van der Waals surface area contributed by atoms with Gasteiger partial charge in [-0.1, -0.05) is 18.2 Å². The van der Waals surface area contributed by atoms with Crippen molar-refractivity contribution < 1.29 is 9.47 Å². The summed E-state index contributed by atoms with van der Waals surface area (Å²) >= 11 is 0. The summed E-state index contributed by atoms with van der Waals surface area (Å²) in [6.07, 6.45) is 3.19. The van der Waals surface area contributed by atoms with Crippen LogP contribution in [0.25, 0.3) is 10.9 Å². The lowest BCUT2D eigenvalue weighted by molar-refractivity contribution is 0.0420. The molecular formula is C19H28N4O2. The van der Waals surface area contributed by atoms with Crippen molar-refractivity contribution in [3.63, 3.8) is 0 Å². The van der Waals surface area contributed by atoms with Gasteiger partial charge < -0.3 is 25.1 Å². The Hall–Kier alpha value is -2.05. The van der Waals surface area contributed by atoms with E-state index in [1.807, 2.05) is 0 Å². The minimum Gasteiger partial charge on any atom is -0.379 e. The molecule has 0 radical (unpaired) electrons. The molecule has 25 heavy (non-hydrogen) atoms. The molecule has 1 fully saturated rings. The number of aliphatic imine (C=N–C) groups is 1. The van der Waals surface area contributed by atoms with Gasteiger partial charge in [-0.3, -0.25) is 4.99 Å². The van der Waals surface area contributed by atoms with Crippen LogP contribution in [0.15, 0.2) is 35.3 Å². The number of benzene rings is 1. The van der Waals surface area contributed by atoms with Gasteiger partial charge in [-0.05, 0) is 30.4 Å². The van der Waals surface area contributed by atoms with Crippen molar-refractivity contribution in [1.82, 2.24) is 15.6 Å². The first-order chi connectivity index (χ1) is 12.3. The molecule has 136 valence electrons. The van der Waals surface area contributed by atoms with E-state index in [0.29, 0.717) is 0 Å². The molecule has 6 heteroatoms. The summed E-state index contributed by atoms with van der Waals surface area (Å²) in [5.41, 5.74) is 2.42. The number of nitrogens with zero attached hydrogens (tertiary/aromatic N) is 1. The Morgan fingerprint density at radius 1 is 1.32 bits per heavy atom. The number of fused-ring (bicyclic) bond motifs is 1. The number of aromatic nitrogens is 1. The first-order valence-electron chi connectivity index (χ1n) is 9.05. The SMILES string of the molecule is CN=C(NCCCOC1CCOC1)NCCc1cc2ccccc2[nH]1. The Balaban J connectivity index is 1.30. The first-order valence-corrected chi connectivity index (χ1v) is 9.05. The highest BCUT2D eigenvalue weighted by atomic mass is 16.5. The Bertz CT molecular complexity index is 644. The van der Waals surface area contributed by atoms with Crippen molar-refractivity contribution in [2.75, 3.05) is 40.0 Å². The molecule has 1 aromatic carbocycles. The maximum Gasteiger partial charge on any atom is 0.190 e. The predicted octanol–water partition coefficient (Wildman–Crippen LogP) is 2.07. The molecule has 1 unspecified atom stereocenters. The van der Waals surface area contributed by atoms with Crippen LogP contribution in [-0.4, -0.2) is 57.0 Å². The number of guanidine groups is 1. The van der Waals surface area contributed by atoms with Crippen molar-refractivity contribution in [2.45, 2.75) is 25.4 Å². The third-order valence-electron chi connectivity index (χ3n) is 4.35. The third-order valence-corrected chi connectivity index (χ3v) is 4.35. The molecule has 0 bridgehead atoms. The number of nitrogens with one attached hydrogen (secondary N) is 3. The van der Waals surface area contributed by atoms with E-state index in [1.54, 1.807) is 7.05 Å². The van der Waals surface area contributed by atoms with Gasteiger partial charge >= 0.3 is 0 Å². The largest absolute Gasteiger partial charge is 0.379 e. The Morgan fingerprint density at radius 3 is 3.00 bits per heavy atom. The molecule has 2 aromatic rings. The molecule has 1 aliphatic heterocycles. The van der Waals surface area contributed by atoms with Crippen LogP contribution in [-0.2, 0) is 15.9 Å². The van der Waals surface area contributed by atoms with Crippen LogP contribution in [0, 0.1) is 0 Å². The molecule has 3 N–H and O–H groups in total. The molecule has 1 aliphatic rings. The molecule has 3 rings (SSSR count). The lowest BCUT2D eigenvalue weighted by Crippen LogP contribution is -2.39. The molecule has 0 spiro atoms. The maximum atomic E-state index is 5.76. The molecule has 6 nitrogen and oxygen atoms in total. The standard InChI is InChI=1S/C19H28N4O2/c1-20-19(21-9-4-11-25-17-8-12-24-14-17)22-10-7-16-13-15-5-2-3-6-18(15)23-16/h2-3,5-6,13,17,23H,4,7-12,14H2,1H3,(H2,20,21,22). The molecule has 2 heterocycles. The van der Waals surface area contributed by atoms with Gasteiger partial charge in [-0.2, -0.15) is 0 Å². The fourth-order valence-corrected chi connectivity index (χ4v) is 2.98.